The Morgan fingerprint density at radius 1 is 1.12 bits per heavy atom. The summed E-state index contributed by atoms with van der Waals surface area (Å²) in [7, 11) is 0. The maximum atomic E-state index is 13.5. The number of hydrogen-bond acceptors (Lipinski definition) is 6. The molecule has 34 heavy (non-hydrogen) atoms. The van der Waals surface area contributed by atoms with Crippen LogP contribution >= 0.6 is 11.3 Å². The molecule has 170 valence electrons. The standard InChI is InChI=1S/C23H16F2N6O2S/c24-17-6-5-13(9-18(17)25)12-31-8-2-4-15(23(31)33)21(32)28-11-19-29-30-22(34-19)16-10-27-20-14(16)3-1-7-26-20/h1-10H,11-12H2,(H,26,27)(H,28,32). The predicted molar refractivity (Wildman–Crippen MR) is 122 cm³/mol. The minimum absolute atomic E-state index is 0.00358. The van der Waals surface area contributed by atoms with Gasteiger partial charge in [-0.25, -0.2) is 13.8 Å². The predicted octanol–water partition coefficient (Wildman–Crippen LogP) is 3.50. The molecule has 0 saturated heterocycles. The lowest BCUT2D eigenvalue weighted by molar-refractivity contribution is 0.0948. The Morgan fingerprint density at radius 3 is 2.85 bits per heavy atom. The van der Waals surface area contributed by atoms with Crippen molar-refractivity contribution in [3.05, 3.63) is 99.2 Å². The Kier molecular flexibility index (Phi) is 5.68. The highest BCUT2D eigenvalue weighted by molar-refractivity contribution is 7.14. The number of fused-ring (bicyclic) bond motifs is 1. The largest absolute Gasteiger partial charge is 0.345 e. The van der Waals surface area contributed by atoms with Gasteiger partial charge in [-0.3, -0.25) is 9.59 Å². The molecule has 4 heterocycles. The van der Waals surface area contributed by atoms with Crippen LogP contribution in [0.3, 0.4) is 0 Å². The Balaban J connectivity index is 1.29. The highest BCUT2D eigenvalue weighted by atomic mass is 32.1. The zero-order valence-electron chi connectivity index (χ0n) is 17.5. The highest BCUT2D eigenvalue weighted by Crippen LogP contribution is 2.29. The van der Waals surface area contributed by atoms with E-state index in [1.165, 1.54) is 34.2 Å². The number of aromatic nitrogens is 5. The lowest BCUT2D eigenvalue weighted by atomic mass is 10.2. The smallest absolute Gasteiger partial charge is 0.263 e. The monoisotopic (exact) mass is 478 g/mol. The van der Waals surface area contributed by atoms with Crippen LogP contribution in [0.2, 0.25) is 0 Å². The fourth-order valence-electron chi connectivity index (χ4n) is 3.49. The Morgan fingerprint density at radius 2 is 2.00 bits per heavy atom. The molecule has 5 aromatic rings. The van der Waals surface area contributed by atoms with E-state index in [0.29, 0.717) is 15.6 Å². The van der Waals surface area contributed by atoms with E-state index in [1.54, 1.807) is 18.5 Å². The van der Waals surface area contributed by atoms with E-state index in [-0.39, 0.29) is 18.7 Å². The molecule has 0 spiro atoms. The lowest BCUT2D eigenvalue weighted by Gasteiger charge is -2.09. The summed E-state index contributed by atoms with van der Waals surface area (Å²) in [4.78, 5) is 32.8. The number of H-pyrrole nitrogens is 1. The van der Waals surface area contributed by atoms with Crippen molar-refractivity contribution in [1.29, 1.82) is 0 Å². The van der Waals surface area contributed by atoms with Crippen molar-refractivity contribution in [1.82, 2.24) is 30.0 Å². The molecule has 5 rings (SSSR count). The van der Waals surface area contributed by atoms with Crippen LogP contribution in [0.4, 0.5) is 8.78 Å². The molecule has 0 fully saturated rings. The fourth-order valence-corrected chi connectivity index (χ4v) is 4.30. The first-order chi connectivity index (χ1) is 16.5. The van der Waals surface area contributed by atoms with Gasteiger partial charge in [-0.05, 0) is 42.0 Å². The van der Waals surface area contributed by atoms with E-state index in [4.69, 9.17) is 0 Å². The Labute approximate surface area is 194 Å². The molecule has 0 atom stereocenters. The quantitative estimate of drug-likeness (QED) is 0.389. The van der Waals surface area contributed by atoms with Crippen molar-refractivity contribution < 1.29 is 13.6 Å². The SMILES string of the molecule is O=C(NCc1nnc(-c2c[nH]c3ncccc23)s1)c1cccn(Cc2ccc(F)c(F)c2)c1=O. The molecule has 1 aromatic carbocycles. The molecule has 4 aromatic heterocycles. The topological polar surface area (TPSA) is 106 Å². The third kappa shape index (κ3) is 4.20. The van der Waals surface area contributed by atoms with Crippen molar-refractivity contribution in [2.45, 2.75) is 13.1 Å². The van der Waals surface area contributed by atoms with Crippen molar-refractivity contribution in [3.63, 3.8) is 0 Å². The minimum Gasteiger partial charge on any atom is -0.345 e. The van der Waals surface area contributed by atoms with Gasteiger partial charge < -0.3 is 14.9 Å². The van der Waals surface area contributed by atoms with E-state index in [0.717, 1.165) is 28.7 Å². The maximum absolute atomic E-state index is 13.5. The molecule has 0 saturated carbocycles. The van der Waals surface area contributed by atoms with Gasteiger partial charge in [0.25, 0.3) is 11.5 Å². The van der Waals surface area contributed by atoms with Gasteiger partial charge in [0.15, 0.2) is 11.6 Å². The molecule has 0 aliphatic rings. The summed E-state index contributed by atoms with van der Waals surface area (Å²) in [5.74, 6) is -2.54. The van der Waals surface area contributed by atoms with Crippen LogP contribution in [0.15, 0.2) is 65.8 Å². The summed E-state index contributed by atoms with van der Waals surface area (Å²) in [6.07, 6.45) is 4.98. The zero-order chi connectivity index (χ0) is 23.7. The second kappa shape index (κ2) is 8.94. The van der Waals surface area contributed by atoms with Gasteiger partial charge in [-0.2, -0.15) is 0 Å². The Hall–Kier alpha value is -4.25. The van der Waals surface area contributed by atoms with Crippen LogP contribution < -0.4 is 10.9 Å². The second-order valence-corrected chi connectivity index (χ2v) is 8.45. The summed E-state index contributed by atoms with van der Waals surface area (Å²) in [6, 6.07) is 10.1. The van der Waals surface area contributed by atoms with E-state index in [2.05, 4.69) is 25.5 Å². The average Bonchev–Trinajstić information content (AvgIpc) is 3.48. The maximum Gasteiger partial charge on any atom is 0.263 e. The van der Waals surface area contributed by atoms with Gasteiger partial charge in [0.1, 0.15) is 21.2 Å². The first-order valence-electron chi connectivity index (χ1n) is 10.2. The zero-order valence-corrected chi connectivity index (χ0v) is 18.3. The highest BCUT2D eigenvalue weighted by Gasteiger charge is 2.15. The number of carbonyl (C=O) groups is 1. The molecule has 0 bridgehead atoms. The summed E-state index contributed by atoms with van der Waals surface area (Å²) in [5, 5.41) is 13.2. The van der Waals surface area contributed by atoms with Gasteiger partial charge in [0, 0.05) is 29.5 Å². The van der Waals surface area contributed by atoms with Crippen molar-refractivity contribution in [3.8, 4) is 10.6 Å². The van der Waals surface area contributed by atoms with Crippen molar-refractivity contribution in [2.24, 2.45) is 0 Å². The molecule has 2 N–H and O–H groups in total. The third-order valence-corrected chi connectivity index (χ3v) is 6.11. The summed E-state index contributed by atoms with van der Waals surface area (Å²) in [5.41, 5.74) is 1.38. The van der Waals surface area contributed by atoms with Gasteiger partial charge in [-0.15, -0.1) is 10.2 Å². The number of nitrogens with one attached hydrogen (secondary N) is 2. The van der Waals surface area contributed by atoms with Crippen LogP contribution in [0.25, 0.3) is 21.6 Å². The molecular formula is C23H16F2N6O2S. The molecule has 0 unspecified atom stereocenters. The molecule has 1 amide bonds. The number of benzene rings is 1. The molecule has 0 radical (unpaired) electrons. The number of pyridine rings is 2. The number of hydrogen-bond donors (Lipinski definition) is 2. The van der Waals surface area contributed by atoms with Crippen LogP contribution in [-0.2, 0) is 13.1 Å². The van der Waals surface area contributed by atoms with E-state index < -0.39 is 23.1 Å². The fraction of sp³-hybridized carbons (Fsp3) is 0.0870. The summed E-state index contributed by atoms with van der Waals surface area (Å²) in [6.45, 7) is 0.0883. The Bertz CT molecular complexity index is 1580. The van der Waals surface area contributed by atoms with E-state index in [9.17, 15) is 18.4 Å². The normalized spacial score (nSPS) is 11.1. The van der Waals surface area contributed by atoms with Crippen molar-refractivity contribution >= 4 is 28.3 Å². The number of rotatable bonds is 6. The minimum atomic E-state index is -1.00. The van der Waals surface area contributed by atoms with Crippen LogP contribution in [0, 0.1) is 11.6 Å². The number of amides is 1. The molecule has 8 nitrogen and oxygen atoms in total. The molecular weight excluding hydrogens is 462 g/mol. The first kappa shape index (κ1) is 21.6. The average molecular weight is 478 g/mol. The van der Waals surface area contributed by atoms with Crippen LogP contribution in [-0.4, -0.2) is 30.6 Å². The first-order valence-corrected chi connectivity index (χ1v) is 11.0. The second-order valence-electron chi connectivity index (χ2n) is 7.39. The van der Waals surface area contributed by atoms with Gasteiger partial charge >= 0.3 is 0 Å². The van der Waals surface area contributed by atoms with E-state index in [1.807, 2.05) is 12.1 Å². The van der Waals surface area contributed by atoms with Gasteiger partial charge in [-0.1, -0.05) is 17.4 Å². The molecule has 0 aliphatic heterocycles. The third-order valence-electron chi connectivity index (χ3n) is 5.15. The number of halogens is 2. The molecule has 11 heteroatoms. The van der Waals surface area contributed by atoms with Gasteiger partial charge in [0.05, 0.1) is 13.1 Å². The number of carbonyl (C=O) groups excluding carboxylic acids is 1. The van der Waals surface area contributed by atoms with E-state index >= 15 is 0 Å². The molecule has 0 aliphatic carbocycles. The van der Waals surface area contributed by atoms with Gasteiger partial charge in [0.2, 0.25) is 0 Å². The lowest BCUT2D eigenvalue weighted by Crippen LogP contribution is -2.32. The van der Waals surface area contributed by atoms with Crippen LogP contribution in [0.5, 0.6) is 0 Å². The number of aromatic amines is 1. The van der Waals surface area contributed by atoms with Crippen LogP contribution in [0.1, 0.15) is 20.9 Å². The van der Waals surface area contributed by atoms with Crippen molar-refractivity contribution in [2.75, 3.05) is 0 Å². The summed E-state index contributed by atoms with van der Waals surface area (Å²) < 4.78 is 27.9. The number of nitrogens with zero attached hydrogens (tertiary/aromatic N) is 4. The summed E-state index contributed by atoms with van der Waals surface area (Å²) >= 11 is 1.32.